The molecule has 0 heterocycles. The van der Waals surface area contributed by atoms with E-state index in [2.05, 4.69) is 10.6 Å². The molecule has 0 bridgehead atoms. The maximum absolute atomic E-state index is 13.7. The molecule has 0 radical (unpaired) electrons. The first-order valence-electron chi connectivity index (χ1n) is 9.10. The van der Waals surface area contributed by atoms with Crippen molar-refractivity contribution in [2.24, 2.45) is 0 Å². The standard InChI is InChI=1S/C19H28FN3O3/c1-23(13-14-8-9-17(26-2)16(20)12-14)18(24)10-11-21-19(25)22-15-6-4-3-5-7-15/h8-9,12,15H,3-7,10-11,13H2,1-2H3,(H2,21,22,25). The van der Waals surface area contributed by atoms with E-state index in [9.17, 15) is 14.0 Å². The number of nitrogens with zero attached hydrogens (tertiary/aromatic N) is 1. The van der Waals surface area contributed by atoms with Crippen molar-refractivity contribution in [3.8, 4) is 5.75 Å². The highest BCUT2D eigenvalue weighted by molar-refractivity contribution is 5.78. The fourth-order valence-corrected chi connectivity index (χ4v) is 3.13. The molecule has 2 rings (SSSR count). The number of halogens is 1. The summed E-state index contributed by atoms with van der Waals surface area (Å²) in [4.78, 5) is 25.5. The van der Waals surface area contributed by atoms with Gasteiger partial charge in [0.1, 0.15) is 0 Å². The van der Waals surface area contributed by atoms with Crippen LogP contribution < -0.4 is 15.4 Å². The van der Waals surface area contributed by atoms with Crippen molar-refractivity contribution < 1.29 is 18.7 Å². The molecule has 0 spiro atoms. The number of carbonyl (C=O) groups is 2. The van der Waals surface area contributed by atoms with E-state index in [4.69, 9.17) is 4.74 Å². The average molecular weight is 365 g/mol. The molecule has 0 saturated heterocycles. The van der Waals surface area contributed by atoms with E-state index in [0.29, 0.717) is 12.1 Å². The van der Waals surface area contributed by atoms with Crippen LogP contribution in [0.4, 0.5) is 9.18 Å². The van der Waals surface area contributed by atoms with Gasteiger partial charge in [0.2, 0.25) is 5.91 Å². The minimum Gasteiger partial charge on any atom is -0.494 e. The largest absolute Gasteiger partial charge is 0.494 e. The molecule has 0 aromatic heterocycles. The molecule has 6 nitrogen and oxygen atoms in total. The van der Waals surface area contributed by atoms with Crippen molar-refractivity contribution in [2.75, 3.05) is 20.7 Å². The molecule has 0 aliphatic heterocycles. The van der Waals surface area contributed by atoms with Crippen LogP contribution >= 0.6 is 0 Å². The molecule has 0 atom stereocenters. The van der Waals surface area contributed by atoms with Crippen molar-refractivity contribution in [3.05, 3.63) is 29.6 Å². The first-order valence-corrected chi connectivity index (χ1v) is 9.10. The second-order valence-electron chi connectivity index (χ2n) is 6.70. The van der Waals surface area contributed by atoms with Crippen LogP contribution in [0.1, 0.15) is 44.1 Å². The van der Waals surface area contributed by atoms with Crippen LogP contribution in [0.2, 0.25) is 0 Å². The van der Waals surface area contributed by atoms with Crippen LogP contribution in [0.5, 0.6) is 5.75 Å². The summed E-state index contributed by atoms with van der Waals surface area (Å²) >= 11 is 0. The summed E-state index contributed by atoms with van der Waals surface area (Å²) in [7, 11) is 3.07. The number of benzene rings is 1. The Kier molecular flexibility index (Phi) is 7.69. The number of rotatable bonds is 7. The zero-order chi connectivity index (χ0) is 18.9. The highest BCUT2D eigenvalue weighted by Crippen LogP contribution is 2.19. The van der Waals surface area contributed by atoms with E-state index >= 15 is 0 Å². The molecular weight excluding hydrogens is 337 g/mol. The number of hydrogen-bond acceptors (Lipinski definition) is 3. The Bertz CT molecular complexity index is 618. The third-order valence-electron chi connectivity index (χ3n) is 4.63. The van der Waals surface area contributed by atoms with Gasteiger partial charge in [-0.3, -0.25) is 4.79 Å². The third kappa shape index (κ3) is 6.20. The monoisotopic (exact) mass is 365 g/mol. The van der Waals surface area contributed by atoms with Crippen LogP contribution in [0.25, 0.3) is 0 Å². The van der Waals surface area contributed by atoms with Crippen LogP contribution in [0, 0.1) is 5.82 Å². The van der Waals surface area contributed by atoms with Gasteiger partial charge >= 0.3 is 6.03 Å². The van der Waals surface area contributed by atoms with E-state index in [1.807, 2.05) is 0 Å². The van der Waals surface area contributed by atoms with Gasteiger partial charge < -0.3 is 20.3 Å². The summed E-state index contributed by atoms with van der Waals surface area (Å²) in [6, 6.07) is 4.65. The minimum absolute atomic E-state index is 0.112. The van der Waals surface area contributed by atoms with E-state index in [1.165, 1.54) is 24.5 Å². The SMILES string of the molecule is COc1ccc(CN(C)C(=O)CCNC(=O)NC2CCCCC2)cc1F. The van der Waals surface area contributed by atoms with E-state index in [-0.39, 0.29) is 36.7 Å². The Labute approximate surface area is 154 Å². The zero-order valence-electron chi connectivity index (χ0n) is 15.5. The minimum atomic E-state index is -0.452. The lowest BCUT2D eigenvalue weighted by molar-refractivity contribution is -0.130. The Hall–Kier alpha value is -2.31. The van der Waals surface area contributed by atoms with E-state index in [0.717, 1.165) is 25.7 Å². The summed E-state index contributed by atoms with van der Waals surface area (Å²) in [6.45, 7) is 0.576. The van der Waals surface area contributed by atoms with Crippen molar-refractivity contribution in [3.63, 3.8) is 0 Å². The van der Waals surface area contributed by atoms with Gasteiger partial charge in [-0.1, -0.05) is 25.3 Å². The summed E-state index contributed by atoms with van der Waals surface area (Å²) in [5.74, 6) is -0.387. The van der Waals surface area contributed by atoms with Gasteiger partial charge in [-0.2, -0.15) is 0 Å². The molecule has 7 heteroatoms. The Morgan fingerprint density at radius 2 is 2.00 bits per heavy atom. The summed E-state index contributed by atoms with van der Waals surface area (Å²) < 4.78 is 18.6. The van der Waals surface area contributed by atoms with Crippen LogP contribution in [0.3, 0.4) is 0 Å². The van der Waals surface area contributed by atoms with Gasteiger partial charge in [0.05, 0.1) is 7.11 Å². The summed E-state index contributed by atoms with van der Waals surface area (Å²) in [6.07, 6.45) is 5.79. The number of ether oxygens (including phenoxy) is 1. The maximum atomic E-state index is 13.7. The highest BCUT2D eigenvalue weighted by Gasteiger charge is 2.16. The maximum Gasteiger partial charge on any atom is 0.315 e. The number of methoxy groups -OCH3 is 1. The quantitative estimate of drug-likeness (QED) is 0.781. The second kappa shape index (κ2) is 9.99. The molecule has 1 aromatic rings. The van der Waals surface area contributed by atoms with Crippen molar-refractivity contribution in [1.29, 1.82) is 0 Å². The lowest BCUT2D eigenvalue weighted by atomic mass is 9.96. The molecule has 26 heavy (non-hydrogen) atoms. The molecule has 1 saturated carbocycles. The van der Waals surface area contributed by atoms with Crippen molar-refractivity contribution in [1.82, 2.24) is 15.5 Å². The average Bonchev–Trinajstić information content (AvgIpc) is 2.62. The third-order valence-corrected chi connectivity index (χ3v) is 4.63. The molecule has 1 aromatic carbocycles. The van der Waals surface area contributed by atoms with Crippen LogP contribution in [-0.2, 0) is 11.3 Å². The topological polar surface area (TPSA) is 70.7 Å². The molecule has 3 amide bonds. The highest BCUT2D eigenvalue weighted by atomic mass is 19.1. The van der Waals surface area contributed by atoms with Crippen molar-refractivity contribution >= 4 is 11.9 Å². The zero-order valence-corrected chi connectivity index (χ0v) is 15.5. The number of urea groups is 1. The van der Waals surface area contributed by atoms with Crippen molar-refractivity contribution in [2.45, 2.75) is 51.1 Å². The van der Waals surface area contributed by atoms with Crippen LogP contribution in [0.15, 0.2) is 18.2 Å². The van der Waals surface area contributed by atoms with Gasteiger partial charge in [0, 0.05) is 32.6 Å². The number of hydrogen-bond donors (Lipinski definition) is 2. The first kappa shape index (κ1) is 20.0. The lowest BCUT2D eigenvalue weighted by Crippen LogP contribution is -2.43. The van der Waals surface area contributed by atoms with Gasteiger partial charge in [0.15, 0.2) is 11.6 Å². The summed E-state index contributed by atoms with van der Waals surface area (Å²) in [5, 5.41) is 5.68. The Balaban J connectivity index is 1.69. The Morgan fingerprint density at radius 1 is 1.27 bits per heavy atom. The normalized spacial score (nSPS) is 14.6. The first-order chi connectivity index (χ1) is 12.5. The predicted octanol–water partition coefficient (Wildman–Crippen LogP) is 2.81. The van der Waals surface area contributed by atoms with E-state index in [1.54, 1.807) is 19.2 Å². The van der Waals surface area contributed by atoms with Gasteiger partial charge in [0.25, 0.3) is 0 Å². The molecular formula is C19H28FN3O3. The molecule has 0 unspecified atom stereocenters. The van der Waals surface area contributed by atoms with Crippen LogP contribution in [-0.4, -0.2) is 43.6 Å². The second-order valence-corrected chi connectivity index (χ2v) is 6.70. The van der Waals surface area contributed by atoms with Gasteiger partial charge in [-0.05, 0) is 30.5 Å². The fraction of sp³-hybridized carbons (Fsp3) is 0.579. The predicted molar refractivity (Wildman–Crippen MR) is 97.5 cm³/mol. The van der Waals surface area contributed by atoms with Gasteiger partial charge in [-0.15, -0.1) is 0 Å². The van der Waals surface area contributed by atoms with Gasteiger partial charge in [-0.25, -0.2) is 9.18 Å². The molecule has 1 aliphatic rings. The molecule has 1 aliphatic carbocycles. The lowest BCUT2D eigenvalue weighted by Gasteiger charge is -2.23. The number of amides is 3. The number of nitrogens with one attached hydrogen (secondary N) is 2. The fourth-order valence-electron chi connectivity index (χ4n) is 3.13. The smallest absolute Gasteiger partial charge is 0.315 e. The molecule has 2 N–H and O–H groups in total. The molecule has 144 valence electrons. The summed E-state index contributed by atoms with van der Waals surface area (Å²) in [5.41, 5.74) is 0.683. The Morgan fingerprint density at radius 3 is 2.65 bits per heavy atom. The molecule has 1 fully saturated rings. The number of carbonyl (C=O) groups excluding carboxylic acids is 2. The van der Waals surface area contributed by atoms with E-state index < -0.39 is 5.82 Å².